The molecule has 1 heterocycles. The van der Waals surface area contributed by atoms with E-state index in [-0.39, 0.29) is 40.0 Å². The molecule has 0 saturated carbocycles. The van der Waals surface area contributed by atoms with Crippen LogP contribution in [0.2, 0.25) is 0 Å². The van der Waals surface area contributed by atoms with E-state index in [0.717, 1.165) is 16.7 Å². The van der Waals surface area contributed by atoms with Crippen LogP contribution in [-0.4, -0.2) is 23.1 Å². The summed E-state index contributed by atoms with van der Waals surface area (Å²) in [6.45, 7) is 2.65. The Morgan fingerprint density at radius 3 is 2.50 bits per heavy atom. The summed E-state index contributed by atoms with van der Waals surface area (Å²) in [5, 5.41) is 1.09. The van der Waals surface area contributed by atoms with Gasteiger partial charge in [-0.1, -0.05) is 48.0 Å². The zero-order chi connectivity index (χ0) is 12.4. The van der Waals surface area contributed by atoms with E-state index in [0.29, 0.717) is 6.61 Å². The number of halogens is 1. The van der Waals surface area contributed by atoms with Crippen molar-refractivity contribution in [3.63, 3.8) is 0 Å². The molecule has 0 aliphatic heterocycles. The van der Waals surface area contributed by atoms with E-state index in [4.69, 9.17) is 4.74 Å². The minimum Gasteiger partial charge on any atom is -1.00 e. The van der Waals surface area contributed by atoms with Crippen LogP contribution in [0.5, 0.6) is 5.75 Å². The molecule has 98 valence electrons. The second-order valence-corrected chi connectivity index (χ2v) is 4.36. The number of benzene rings is 2. The Labute approximate surface area is 145 Å². The molecule has 3 aromatic rings. The monoisotopic (exact) mass is 339 g/mol. The van der Waals surface area contributed by atoms with Crippen LogP contribution in [0.15, 0.2) is 54.7 Å². The maximum atomic E-state index is 5.88. The second kappa shape index (κ2) is 7.71. The van der Waals surface area contributed by atoms with Crippen molar-refractivity contribution in [2.24, 2.45) is 0 Å². The molecule has 0 radical (unpaired) electrons. The molecule has 0 spiro atoms. The molecule has 0 saturated heterocycles. The average molecular weight is 341 g/mol. The predicted octanol–water partition coefficient (Wildman–Crippen LogP) is 0.308. The van der Waals surface area contributed by atoms with Gasteiger partial charge in [0.1, 0.15) is 12.4 Å². The Morgan fingerprint density at radius 2 is 1.75 bits per heavy atom. The smallest absolute Gasteiger partial charge is 1.00 e. The van der Waals surface area contributed by atoms with Crippen LogP contribution in [0.4, 0.5) is 0 Å². The Hall–Kier alpha value is -0.974. The van der Waals surface area contributed by atoms with E-state index in [2.05, 4.69) is 30.1 Å². The van der Waals surface area contributed by atoms with Crippen molar-refractivity contribution in [2.45, 2.75) is 13.5 Å². The third-order valence-electron chi connectivity index (χ3n) is 3.06. The molecule has 0 bridgehead atoms. The largest absolute Gasteiger partial charge is 2.00 e. The van der Waals surface area contributed by atoms with Crippen molar-refractivity contribution in [1.82, 2.24) is 4.98 Å². The minimum absolute atomic E-state index is 0. The van der Waals surface area contributed by atoms with Crippen molar-refractivity contribution in [1.29, 1.82) is 0 Å². The summed E-state index contributed by atoms with van der Waals surface area (Å²) in [6, 6.07) is 16.2. The van der Waals surface area contributed by atoms with Crippen LogP contribution in [0.3, 0.4) is 0 Å². The van der Waals surface area contributed by atoms with Gasteiger partial charge >= 0.3 is 23.1 Å². The molecule has 0 atom stereocenters. The van der Waals surface area contributed by atoms with Gasteiger partial charge in [-0.25, -0.2) is 0 Å². The van der Waals surface area contributed by atoms with Gasteiger partial charge in [-0.05, 0) is 18.6 Å². The average Bonchev–Trinajstić information content (AvgIpc) is 2.90. The van der Waals surface area contributed by atoms with Crippen molar-refractivity contribution in [2.75, 3.05) is 0 Å². The van der Waals surface area contributed by atoms with Gasteiger partial charge in [0.05, 0.1) is 0 Å². The zero-order valence-electron chi connectivity index (χ0n) is 11.3. The molecule has 1 aromatic heterocycles. The quantitative estimate of drug-likeness (QED) is 0.641. The molecular formula is C16H14BrMgNO. The molecule has 0 aliphatic carbocycles. The van der Waals surface area contributed by atoms with Gasteiger partial charge in [-0.15, -0.1) is 5.52 Å². The molecule has 0 amide bonds. The number of hydrogen-bond acceptors (Lipinski definition) is 1. The van der Waals surface area contributed by atoms with Crippen molar-refractivity contribution in [3.8, 4) is 5.75 Å². The SMILES string of the molecule is Cc1ccc(OCc2ccccc2)c2cc[n-]c12.[Br-].[Mg+2]. The van der Waals surface area contributed by atoms with Gasteiger partial charge in [0, 0.05) is 5.39 Å². The number of ether oxygens (including phenoxy) is 1. The molecule has 3 rings (SSSR count). The van der Waals surface area contributed by atoms with Crippen LogP contribution < -0.4 is 26.7 Å². The predicted molar refractivity (Wildman–Crippen MR) is 78.5 cm³/mol. The van der Waals surface area contributed by atoms with Gasteiger partial charge in [0.2, 0.25) is 0 Å². The molecule has 0 fully saturated rings. The maximum absolute atomic E-state index is 5.88. The second-order valence-electron chi connectivity index (χ2n) is 4.36. The Kier molecular flexibility index (Phi) is 6.59. The van der Waals surface area contributed by atoms with Crippen LogP contribution in [0.1, 0.15) is 11.1 Å². The third-order valence-corrected chi connectivity index (χ3v) is 3.06. The molecule has 2 aromatic carbocycles. The van der Waals surface area contributed by atoms with Gasteiger partial charge in [0.25, 0.3) is 0 Å². The summed E-state index contributed by atoms with van der Waals surface area (Å²) in [7, 11) is 0. The Balaban J connectivity index is 0.000001000. The topological polar surface area (TPSA) is 23.3 Å². The summed E-state index contributed by atoms with van der Waals surface area (Å²) < 4.78 is 5.88. The number of hydrogen-bond donors (Lipinski definition) is 0. The Morgan fingerprint density at radius 1 is 1.00 bits per heavy atom. The summed E-state index contributed by atoms with van der Waals surface area (Å²) >= 11 is 0. The van der Waals surface area contributed by atoms with Gasteiger partial charge in [-0.3, -0.25) is 0 Å². The third kappa shape index (κ3) is 3.56. The van der Waals surface area contributed by atoms with E-state index >= 15 is 0 Å². The first-order chi connectivity index (χ1) is 8.84. The number of fused-ring (bicyclic) bond motifs is 1. The fourth-order valence-electron chi connectivity index (χ4n) is 2.08. The fraction of sp³-hybridized carbons (Fsp3) is 0.125. The summed E-state index contributed by atoms with van der Waals surface area (Å²) in [6.07, 6.45) is 1.83. The van der Waals surface area contributed by atoms with E-state index < -0.39 is 0 Å². The van der Waals surface area contributed by atoms with Gasteiger partial charge in [-0.2, -0.15) is 6.20 Å². The van der Waals surface area contributed by atoms with Gasteiger partial charge in [0.15, 0.2) is 0 Å². The molecule has 0 unspecified atom stereocenters. The fourth-order valence-corrected chi connectivity index (χ4v) is 2.08. The van der Waals surface area contributed by atoms with Crippen molar-refractivity contribution in [3.05, 3.63) is 65.9 Å². The Bertz CT molecular complexity index is 667. The number of aryl methyl sites for hydroxylation is 1. The van der Waals surface area contributed by atoms with Crippen LogP contribution >= 0.6 is 0 Å². The summed E-state index contributed by atoms with van der Waals surface area (Å²) in [4.78, 5) is 4.35. The molecular weight excluding hydrogens is 326 g/mol. The number of rotatable bonds is 3. The zero-order valence-corrected chi connectivity index (χ0v) is 14.3. The summed E-state index contributed by atoms with van der Waals surface area (Å²) in [5.74, 6) is 0.900. The first kappa shape index (κ1) is 17.1. The van der Waals surface area contributed by atoms with Crippen LogP contribution in [0.25, 0.3) is 10.9 Å². The standard InChI is InChI=1S/C16H14NO.BrH.Mg/c1-12-7-8-15(14-9-10-17-16(12)14)18-11-13-5-3-2-4-6-13;;/h2-10H,11H2,1H3;1H;/q-1;;+2/p-1. The minimum atomic E-state index is 0. The van der Waals surface area contributed by atoms with Crippen LogP contribution in [0, 0.1) is 6.92 Å². The first-order valence-electron chi connectivity index (χ1n) is 6.02. The van der Waals surface area contributed by atoms with E-state index in [1.165, 1.54) is 11.1 Å². The number of aromatic nitrogens is 1. The number of nitrogens with zero attached hydrogens (tertiary/aromatic N) is 1. The van der Waals surface area contributed by atoms with E-state index in [1.54, 1.807) is 0 Å². The van der Waals surface area contributed by atoms with Crippen molar-refractivity contribution < 1.29 is 21.7 Å². The molecule has 0 N–H and O–H groups in total. The molecule has 0 aliphatic rings. The van der Waals surface area contributed by atoms with Crippen LogP contribution in [-0.2, 0) is 6.61 Å². The molecule has 20 heavy (non-hydrogen) atoms. The maximum Gasteiger partial charge on any atom is 2.00 e. The van der Waals surface area contributed by atoms with Gasteiger partial charge < -0.3 is 26.7 Å². The van der Waals surface area contributed by atoms with Crippen molar-refractivity contribution >= 4 is 34.0 Å². The first-order valence-corrected chi connectivity index (χ1v) is 6.02. The van der Waals surface area contributed by atoms with E-state index in [9.17, 15) is 0 Å². The molecule has 4 heteroatoms. The summed E-state index contributed by atoms with van der Waals surface area (Å²) in [5.41, 5.74) is 3.38. The molecule has 2 nitrogen and oxygen atoms in total. The van der Waals surface area contributed by atoms with E-state index in [1.807, 2.05) is 36.5 Å². The normalized spacial score (nSPS) is 9.65.